The summed E-state index contributed by atoms with van der Waals surface area (Å²) in [7, 11) is 0. The zero-order valence-electron chi connectivity index (χ0n) is 21.7. The number of cyclic esters (lactones) is 1. The number of Topliss-reactive ketones (excluding diaryl/α,β-unsaturated/α-hetero) is 1. The van der Waals surface area contributed by atoms with Crippen LogP contribution in [0, 0.1) is 16.9 Å². The average molecular weight is 527 g/mol. The number of carbonyl (C=O) groups is 3. The molecule has 2 fully saturated rings. The fraction of sp³-hybridized carbons (Fsp3) is 0.464. The number of halogens is 1. The van der Waals surface area contributed by atoms with Gasteiger partial charge in [-0.25, -0.2) is 9.18 Å². The van der Waals surface area contributed by atoms with Gasteiger partial charge in [-0.15, -0.1) is 0 Å². The fourth-order valence-corrected chi connectivity index (χ4v) is 4.63. The minimum Gasteiger partial charge on any atom is -0.756 e. The minimum atomic E-state index is -0.866. The first-order valence-corrected chi connectivity index (χ1v) is 12.9. The van der Waals surface area contributed by atoms with Crippen molar-refractivity contribution < 1.29 is 28.2 Å². The summed E-state index contributed by atoms with van der Waals surface area (Å²) in [6.07, 6.45) is -1.00. The van der Waals surface area contributed by atoms with Gasteiger partial charge in [-0.3, -0.25) is 14.5 Å². The SMILES string of the molecule is CC(C)Cc1ccc(C(=O)CCC(=O)N([O-])C[C@H]2CN(c3ccc(N4CCOCC4)c(F)c3)C(=O)O2)cc1. The predicted octanol–water partition coefficient (Wildman–Crippen LogP) is 4.18. The summed E-state index contributed by atoms with van der Waals surface area (Å²) >= 11 is 0. The van der Waals surface area contributed by atoms with E-state index in [-0.39, 0.29) is 36.8 Å². The fourth-order valence-electron chi connectivity index (χ4n) is 4.63. The molecule has 2 aromatic carbocycles. The third kappa shape index (κ3) is 6.87. The Kier molecular flexibility index (Phi) is 8.96. The van der Waals surface area contributed by atoms with Gasteiger partial charge in [0.2, 0.25) is 5.91 Å². The van der Waals surface area contributed by atoms with Crippen LogP contribution in [-0.2, 0) is 20.7 Å². The molecule has 0 bridgehead atoms. The molecular formula is C28H33FN3O6-. The Labute approximate surface area is 221 Å². The number of benzene rings is 2. The second-order valence-corrected chi connectivity index (χ2v) is 10.0. The molecule has 0 N–H and O–H groups in total. The van der Waals surface area contributed by atoms with Crippen LogP contribution in [0.5, 0.6) is 0 Å². The maximum Gasteiger partial charge on any atom is 0.414 e. The lowest BCUT2D eigenvalue weighted by Crippen LogP contribution is -2.37. The van der Waals surface area contributed by atoms with Crippen molar-refractivity contribution in [3.05, 3.63) is 64.6 Å². The van der Waals surface area contributed by atoms with Crippen molar-refractivity contribution in [1.82, 2.24) is 5.06 Å². The number of anilines is 2. The molecule has 204 valence electrons. The standard InChI is InChI=1S/C28H33FN3O6/c1-19(2)15-20-3-5-21(6-4-20)26(33)9-10-27(34)32(36)18-23-17-31(28(35)38-23)22-7-8-25(24(29)16-22)30-11-13-37-14-12-30/h3-8,16,19,23H,9-15,17-18H2,1-2H3/q-1/t23-/m1/s1. The predicted molar refractivity (Wildman–Crippen MR) is 141 cm³/mol. The Hall–Kier alpha value is -3.50. The maximum atomic E-state index is 14.8. The Morgan fingerprint density at radius 2 is 1.82 bits per heavy atom. The third-order valence-corrected chi connectivity index (χ3v) is 6.60. The Morgan fingerprint density at radius 3 is 2.47 bits per heavy atom. The molecule has 2 aromatic rings. The van der Waals surface area contributed by atoms with Crippen LogP contribution in [0.1, 0.15) is 42.6 Å². The number of ether oxygens (including phenoxy) is 2. The number of nitrogens with zero attached hydrogens (tertiary/aromatic N) is 3. The zero-order valence-corrected chi connectivity index (χ0v) is 21.7. The molecule has 38 heavy (non-hydrogen) atoms. The molecule has 0 unspecified atom stereocenters. The number of morpholine rings is 1. The highest BCUT2D eigenvalue weighted by Gasteiger charge is 2.33. The normalized spacial score (nSPS) is 17.6. The third-order valence-electron chi connectivity index (χ3n) is 6.60. The van der Waals surface area contributed by atoms with Gasteiger partial charge in [-0.05, 0) is 36.1 Å². The molecule has 0 aliphatic carbocycles. The number of ketones is 1. The summed E-state index contributed by atoms with van der Waals surface area (Å²) in [5.74, 6) is -0.944. The Bertz CT molecular complexity index is 1150. The highest BCUT2D eigenvalue weighted by Crippen LogP contribution is 2.28. The van der Waals surface area contributed by atoms with Crippen LogP contribution in [-0.4, -0.2) is 68.3 Å². The van der Waals surface area contributed by atoms with E-state index >= 15 is 0 Å². The van der Waals surface area contributed by atoms with E-state index in [0.29, 0.717) is 49.2 Å². The minimum absolute atomic E-state index is 0.00283. The van der Waals surface area contributed by atoms with E-state index in [1.807, 2.05) is 17.0 Å². The van der Waals surface area contributed by atoms with Gasteiger partial charge in [0.25, 0.3) is 0 Å². The topological polar surface area (TPSA) is 102 Å². The molecule has 2 aliphatic rings. The van der Waals surface area contributed by atoms with E-state index in [2.05, 4.69) is 13.8 Å². The monoisotopic (exact) mass is 526 g/mol. The summed E-state index contributed by atoms with van der Waals surface area (Å²) in [4.78, 5) is 40.3. The summed E-state index contributed by atoms with van der Waals surface area (Å²) in [5.41, 5.74) is 2.36. The van der Waals surface area contributed by atoms with E-state index in [1.54, 1.807) is 24.3 Å². The Balaban J connectivity index is 1.26. The van der Waals surface area contributed by atoms with Gasteiger partial charge in [0.1, 0.15) is 11.9 Å². The largest absolute Gasteiger partial charge is 0.756 e. The molecule has 0 saturated carbocycles. The van der Waals surface area contributed by atoms with Crippen molar-refractivity contribution in [3.8, 4) is 0 Å². The van der Waals surface area contributed by atoms with E-state index < -0.39 is 23.9 Å². The lowest BCUT2D eigenvalue weighted by atomic mass is 9.99. The van der Waals surface area contributed by atoms with Crippen molar-refractivity contribution >= 4 is 29.2 Å². The average Bonchev–Trinajstić information content (AvgIpc) is 3.27. The number of hydroxylamine groups is 2. The van der Waals surface area contributed by atoms with Crippen LogP contribution in [0.4, 0.5) is 20.6 Å². The highest BCUT2D eigenvalue weighted by molar-refractivity contribution is 5.98. The maximum absolute atomic E-state index is 14.8. The van der Waals surface area contributed by atoms with Crippen LogP contribution in [0.25, 0.3) is 0 Å². The number of hydrogen-bond donors (Lipinski definition) is 0. The van der Waals surface area contributed by atoms with E-state index in [1.165, 1.54) is 11.0 Å². The van der Waals surface area contributed by atoms with Gasteiger partial charge >= 0.3 is 6.09 Å². The smallest absolute Gasteiger partial charge is 0.414 e. The molecule has 4 rings (SSSR count). The second kappa shape index (κ2) is 12.4. The first-order chi connectivity index (χ1) is 18.2. The van der Waals surface area contributed by atoms with E-state index in [0.717, 1.165) is 12.0 Å². The first kappa shape index (κ1) is 27.5. The van der Waals surface area contributed by atoms with Crippen LogP contribution < -0.4 is 9.80 Å². The second-order valence-electron chi connectivity index (χ2n) is 10.0. The van der Waals surface area contributed by atoms with Crippen LogP contribution >= 0.6 is 0 Å². The quantitative estimate of drug-likeness (QED) is 0.338. The molecule has 0 spiro atoms. The van der Waals surface area contributed by atoms with Crippen LogP contribution in [0.3, 0.4) is 0 Å². The molecule has 9 nitrogen and oxygen atoms in total. The van der Waals surface area contributed by atoms with Gasteiger partial charge < -0.3 is 24.6 Å². The molecule has 2 amide bonds. The number of rotatable bonds is 10. The zero-order chi connectivity index (χ0) is 27.2. The van der Waals surface area contributed by atoms with Gasteiger partial charge in [-0.1, -0.05) is 38.1 Å². The van der Waals surface area contributed by atoms with E-state index in [9.17, 15) is 24.0 Å². The molecule has 2 saturated heterocycles. The van der Waals surface area contributed by atoms with Crippen molar-refractivity contribution in [2.75, 3.05) is 49.2 Å². The number of carbonyl (C=O) groups excluding carboxylic acids is 3. The molecule has 0 aromatic heterocycles. The molecule has 10 heteroatoms. The van der Waals surface area contributed by atoms with E-state index in [4.69, 9.17) is 9.47 Å². The number of hydrogen-bond acceptors (Lipinski definition) is 7. The van der Waals surface area contributed by atoms with Gasteiger partial charge in [0.15, 0.2) is 5.78 Å². The summed E-state index contributed by atoms with van der Waals surface area (Å²) < 4.78 is 25.3. The van der Waals surface area contributed by atoms with Crippen LogP contribution in [0.15, 0.2) is 42.5 Å². The molecule has 1 atom stereocenters. The van der Waals surface area contributed by atoms with Gasteiger partial charge in [-0.2, -0.15) is 0 Å². The van der Waals surface area contributed by atoms with Crippen LogP contribution in [0.2, 0.25) is 0 Å². The molecule has 2 heterocycles. The van der Waals surface area contributed by atoms with Gasteiger partial charge in [0.05, 0.1) is 31.1 Å². The van der Waals surface area contributed by atoms with Crippen molar-refractivity contribution in [3.63, 3.8) is 0 Å². The lowest BCUT2D eigenvalue weighted by Gasteiger charge is -2.30. The van der Waals surface area contributed by atoms with Crippen molar-refractivity contribution in [2.24, 2.45) is 5.92 Å². The first-order valence-electron chi connectivity index (χ1n) is 12.9. The number of amides is 2. The molecular weight excluding hydrogens is 493 g/mol. The summed E-state index contributed by atoms with van der Waals surface area (Å²) in [5, 5.41) is 12.6. The summed E-state index contributed by atoms with van der Waals surface area (Å²) in [6, 6.07) is 11.8. The summed E-state index contributed by atoms with van der Waals surface area (Å²) in [6.45, 7) is 6.06. The Morgan fingerprint density at radius 1 is 1.11 bits per heavy atom. The highest BCUT2D eigenvalue weighted by atomic mass is 19.1. The molecule has 2 aliphatic heterocycles. The van der Waals surface area contributed by atoms with Crippen molar-refractivity contribution in [2.45, 2.75) is 39.2 Å². The van der Waals surface area contributed by atoms with Crippen molar-refractivity contribution in [1.29, 1.82) is 0 Å². The molecule has 0 radical (unpaired) electrons. The lowest BCUT2D eigenvalue weighted by molar-refractivity contribution is -0.129. The van der Waals surface area contributed by atoms with Gasteiger partial charge in [0, 0.05) is 38.0 Å².